The van der Waals surface area contributed by atoms with Crippen molar-refractivity contribution in [2.75, 3.05) is 65.3 Å². The lowest BCUT2D eigenvalue weighted by Crippen LogP contribution is -2.40. The third kappa shape index (κ3) is 13.7. The number of ether oxygens (including phenoxy) is 6. The fraction of sp³-hybridized carbons (Fsp3) is 0.489. The van der Waals surface area contributed by atoms with Gasteiger partial charge >= 0.3 is 5.97 Å². The Labute approximate surface area is 368 Å². The number of esters is 1. The van der Waals surface area contributed by atoms with Crippen molar-refractivity contribution in [1.29, 1.82) is 0 Å². The van der Waals surface area contributed by atoms with Crippen LogP contribution in [0.5, 0.6) is 23.0 Å². The van der Waals surface area contributed by atoms with Crippen LogP contribution < -0.4 is 24.7 Å². The number of hydrogen-bond donors (Lipinski definition) is 1. The van der Waals surface area contributed by atoms with Gasteiger partial charge < -0.3 is 39.1 Å². The van der Waals surface area contributed by atoms with E-state index in [1.165, 1.54) is 14.2 Å². The van der Waals surface area contributed by atoms with Gasteiger partial charge in [0.15, 0.2) is 34.6 Å². The Morgan fingerprint density at radius 3 is 2.31 bits per heavy atom. The van der Waals surface area contributed by atoms with Gasteiger partial charge in [-0.2, -0.15) is 0 Å². The number of methoxy groups -OCH3 is 2. The van der Waals surface area contributed by atoms with E-state index in [1.54, 1.807) is 57.0 Å². The van der Waals surface area contributed by atoms with Crippen LogP contribution in [0.4, 0.5) is 5.69 Å². The van der Waals surface area contributed by atoms with Crippen molar-refractivity contribution in [3.8, 4) is 23.0 Å². The average Bonchev–Trinajstić information content (AvgIpc) is 3.61. The Kier molecular flexibility index (Phi) is 18.0. The summed E-state index contributed by atoms with van der Waals surface area (Å²) in [5.41, 5.74) is 8.53. The number of carbonyl (C=O) groups excluding carboxylic acids is 4. The predicted molar refractivity (Wildman–Crippen MR) is 242 cm³/mol. The summed E-state index contributed by atoms with van der Waals surface area (Å²) >= 11 is 0. The van der Waals surface area contributed by atoms with Gasteiger partial charge in [-0.05, 0) is 84.8 Å². The molecule has 1 saturated heterocycles. The van der Waals surface area contributed by atoms with Crippen molar-refractivity contribution in [3.63, 3.8) is 0 Å². The highest BCUT2D eigenvalue weighted by Gasteiger charge is 2.45. The van der Waals surface area contributed by atoms with Crippen molar-refractivity contribution >= 4 is 58.8 Å². The number of hydrogen-bond acceptors (Lipinski definition) is 14. The number of nitrogens with zero attached hydrogens (tertiary/aromatic N) is 2. The molecule has 2 aliphatic heterocycles. The van der Waals surface area contributed by atoms with Gasteiger partial charge in [-0.25, -0.2) is 4.98 Å². The Morgan fingerprint density at radius 2 is 1.62 bits per heavy atom. The molecule has 0 aliphatic carbocycles. The molecule has 16 heteroatoms. The normalized spacial score (nSPS) is 16.1. The highest BCUT2D eigenvalue weighted by atomic mass is 33.1. The maximum Gasteiger partial charge on any atom is 0.305 e. The second kappa shape index (κ2) is 23.1. The maximum absolute atomic E-state index is 14.1. The van der Waals surface area contributed by atoms with Crippen molar-refractivity contribution in [2.24, 2.45) is 0 Å². The van der Waals surface area contributed by atoms with Gasteiger partial charge in [0.2, 0.25) is 0 Å². The summed E-state index contributed by atoms with van der Waals surface area (Å²) < 4.78 is 34.8. The molecule has 3 aromatic rings. The summed E-state index contributed by atoms with van der Waals surface area (Å²) in [5.74, 6) is 0.454. The van der Waals surface area contributed by atoms with Crippen molar-refractivity contribution < 1.29 is 47.6 Å². The minimum Gasteiger partial charge on any atom is -0.493 e. The number of fused-ring (bicyclic) bond motifs is 2. The van der Waals surface area contributed by atoms with E-state index in [4.69, 9.17) is 34.2 Å². The second-order valence-electron chi connectivity index (χ2n) is 16.3. The van der Waals surface area contributed by atoms with E-state index < -0.39 is 26.0 Å². The molecule has 13 nitrogen and oxygen atoms in total. The first kappa shape index (κ1) is 47.5. The molecule has 1 fully saturated rings. The molecule has 0 saturated carbocycles. The zero-order valence-corrected chi connectivity index (χ0v) is 38.6. The number of carbonyl (C=O) groups is 4. The Morgan fingerprint density at radius 1 is 0.902 bits per heavy atom. The van der Waals surface area contributed by atoms with Gasteiger partial charge in [0.1, 0.15) is 11.6 Å². The molecular weight excluding hydrogens is 835 g/mol. The van der Waals surface area contributed by atoms with Crippen molar-refractivity contribution in [2.45, 2.75) is 87.6 Å². The zero-order chi connectivity index (χ0) is 43.9. The van der Waals surface area contributed by atoms with E-state index in [0.29, 0.717) is 97.5 Å². The maximum atomic E-state index is 14.1. The van der Waals surface area contributed by atoms with E-state index in [9.17, 15) is 19.2 Å². The van der Waals surface area contributed by atoms with Crippen LogP contribution in [-0.2, 0) is 19.1 Å². The lowest BCUT2D eigenvalue weighted by molar-refractivity contribution is -0.145. The van der Waals surface area contributed by atoms with Crippen LogP contribution in [0.1, 0.15) is 77.1 Å². The lowest BCUT2D eigenvalue weighted by atomic mass is 9.88. The van der Waals surface area contributed by atoms with E-state index in [0.717, 1.165) is 28.8 Å². The third-order valence-corrected chi connectivity index (χ3v) is 14.4. The quantitative estimate of drug-likeness (QED) is 0.0164. The van der Waals surface area contributed by atoms with E-state index in [1.807, 2.05) is 18.2 Å². The smallest absolute Gasteiger partial charge is 0.305 e. The van der Waals surface area contributed by atoms with Gasteiger partial charge in [-0.1, -0.05) is 48.7 Å². The number of benzene rings is 2. The zero-order valence-electron chi connectivity index (χ0n) is 36.0. The molecule has 61 heavy (non-hydrogen) atoms. The summed E-state index contributed by atoms with van der Waals surface area (Å²) in [7, 11) is 4.98. The average molecular weight is 894 g/mol. The molecule has 330 valence electrons. The van der Waals surface area contributed by atoms with Gasteiger partial charge in [0.05, 0.1) is 46.0 Å². The van der Waals surface area contributed by atoms with Gasteiger partial charge in [-0.3, -0.25) is 19.2 Å². The van der Waals surface area contributed by atoms with E-state index in [-0.39, 0.29) is 43.5 Å². The second-order valence-corrected chi connectivity index (χ2v) is 24.3. The molecule has 0 bridgehead atoms. The third-order valence-electron chi connectivity index (χ3n) is 10.3. The highest BCUT2D eigenvalue weighted by molar-refractivity contribution is 8.76. The molecule has 2 N–H and O–H groups in total. The minimum absolute atomic E-state index is 0.112. The Hall–Kier alpha value is -4.51. The van der Waals surface area contributed by atoms with E-state index in [2.05, 4.69) is 31.2 Å². The molecule has 3 heterocycles. The lowest BCUT2D eigenvalue weighted by Gasteiger charge is -2.22. The first-order valence-corrected chi connectivity index (χ1v) is 26.8. The number of nitrogen functional groups attached to an aromatic ring is 1. The fourth-order valence-electron chi connectivity index (χ4n) is 6.94. The first-order chi connectivity index (χ1) is 29.3. The summed E-state index contributed by atoms with van der Waals surface area (Å²) in [6.45, 7) is 12.7. The molecular formula is C45H59N3O10S2Si. The molecule has 5 rings (SSSR count). The molecule has 2 atom stereocenters. The summed E-state index contributed by atoms with van der Waals surface area (Å²) in [4.78, 5) is 59.6. The van der Waals surface area contributed by atoms with Crippen molar-refractivity contribution in [1.82, 2.24) is 9.88 Å². The topological polar surface area (TPSA) is 166 Å². The predicted octanol–water partition coefficient (Wildman–Crippen LogP) is 8.44. The van der Waals surface area contributed by atoms with Crippen LogP contribution >= 0.6 is 21.6 Å². The standard InChI is InChI=1S/C45H59N3O10S2Si/c1-30-23-36-44(51)34(29-58-43(50)14-12-21-59-60-42-13-8-9-16-47-42)31-24-40(38(53-2)25-32(31)45(52)48(36)28-30)56-17-10-7-11-18-57-41-27-35(46)33(26-39(41)54-3)37(49)15-19-55-20-22-61(4,5)6/h8-9,13,16,24-27,34,36H,1,7,10-12,14-15,17-23,28-29,46H2,2-6H3/t34?,36-/m0/s1. The Bertz CT molecular complexity index is 2010. The summed E-state index contributed by atoms with van der Waals surface area (Å²) in [6, 6.07) is 12.6. The van der Waals surface area contributed by atoms with Crippen LogP contribution in [0.15, 0.2) is 65.8 Å². The molecule has 1 unspecified atom stereocenters. The SMILES string of the molecule is C=C1C[C@H]2C(=O)C(COC(=O)CCCSSc3ccccn3)c3cc(OCCCCCOc4cc(N)c(C(=O)CCOCC[Si](C)(C)C)cc4OC)c(OC)cc3C(=O)N2C1. The number of unbranched alkanes of at least 4 members (excludes halogenated alkanes) is 2. The van der Waals surface area contributed by atoms with E-state index >= 15 is 0 Å². The number of ketones is 2. The molecule has 2 aromatic carbocycles. The first-order valence-electron chi connectivity index (χ1n) is 20.7. The van der Waals surface area contributed by atoms with Gasteiger partial charge in [-0.15, -0.1) is 0 Å². The molecule has 1 amide bonds. The van der Waals surface area contributed by atoms with Crippen LogP contribution in [0, 0.1) is 0 Å². The summed E-state index contributed by atoms with van der Waals surface area (Å²) in [6.07, 6.45) is 5.26. The minimum atomic E-state index is -1.20. The fourth-order valence-corrected chi connectivity index (χ4v) is 9.66. The number of pyridine rings is 1. The largest absolute Gasteiger partial charge is 0.493 e. The van der Waals surface area contributed by atoms with Gasteiger partial charge in [0.25, 0.3) is 5.91 Å². The van der Waals surface area contributed by atoms with Gasteiger partial charge in [0, 0.05) is 68.9 Å². The van der Waals surface area contributed by atoms with Crippen molar-refractivity contribution in [3.05, 3.63) is 77.5 Å². The number of rotatable bonds is 25. The number of aromatic nitrogens is 1. The van der Waals surface area contributed by atoms with Crippen LogP contribution in [-0.4, -0.2) is 107 Å². The number of amides is 1. The molecule has 0 radical (unpaired) electrons. The summed E-state index contributed by atoms with van der Waals surface area (Å²) in [5, 5.41) is 0.899. The van der Waals surface area contributed by atoms with Crippen LogP contribution in [0.2, 0.25) is 25.7 Å². The molecule has 1 aromatic heterocycles. The number of Topliss-reactive ketones (excluding diaryl/α,β-unsaturated/α-hetero) is 2. The van der Waals surface area contributed by atoms with Crippen LogP contribution in [0.3, 0.4) is 0 Å². The number of anilines is 1. The monoisotopic (exact) mass is 893 g/mol. The highest BCUT2D eigenvalue weighted by Crippen LogP contribution is 2.41. The number of nitrogens with two attached hydrogens (primary N) is 1. The Balaban J connectivity index is 1.14. The molecule has 0 spiro atoms. The molecule has 2 aliphatic rings. The van der Waals surface area contributed by atoms with Crippen LogP contribution in [0.25, 0.3) is 0 Å².